The number of likely N-dealkylation sites (tertiary alicyclic amines) is 1. The molecule has 8 heteroatoms. The number of hydrogen-bond acceptors (Lipinski definition) is 7. The van der Waals surface area contributed by atoms with Crippen LogP contribution in [0.15, 0.2) is 48.0 Å². The molecule has 196 valence electrons. The Bertz CT molecular complexity index is 1200. The number of rotatable bonds is 8. The van der Waals surface area contributed by atoms with Crippen molar-refractivity contribution in [3.63, 3.8) is 0 Å². The normalized spacial score (nSPS) is 23.2. The number of nitrogens with zero attached hydrogens (tertiary/aromatic N) is 2. The Kier molecular flexibility index (Phi) is 7.48. The van der Waals surface area contributed by atoms with Gasteiger partial charge in [-0.05, 0) is 54.8 Å². The molecule has 0 saturated carbocycles. The van der Waals surface area contributed by atoms with E-state index in [-0.39, 0.29) is 17.4 Å². The van der Waals surface area contributed by atoms with E-state index in [4.69, 9.17) is 14.2 Å². The quantitative estimate of drug-likeness (QED) is 0.333. The number of ketones is 1. The van der Waals surface area contributed by atoms with Gasteiger partial charge in [-0.1, -0.05) is 19.1 Å². The molecule has 3 heterocycles. The first-order chi connectivity index (χ1) is 18.0. The second-order valence-electron chi connectivity index (χ2n) is 9.82. The second kappa shape index (κ2) is 10.9. The van der Waals surface area contributed by atoms with Crippen molar-refractivity contribution in [2.75, 3.05) is 46.0 Å². The SMILES string of the molecule is CCCOc1cccc([C@@H]2C(=C(O)c3ccc4c(c3)C[C@H](C)O4)C(=O)C(=O)N2CCN2CCOCC2)c1. The molecule has 2 saturated heterocycles. The van der Waals surface area contributed by atoms with E-state index in [1.807, 2.05) is 50.2 Å². The fourth-order valence-electron chi connectivity index (χ4n) is 5.25. The molecular formula is C29H34N2O6. The first kappa shape index (κ1) is 25.3. The largest absolute Gasteiger partial charge is 0.507 e. The van der Waals surface area contributed by atoms with Crippen LogP contribution in [-0.2, 0) is 20.7 Å². The third-order valence-corrected chi connectivity index (χ3v) is 7.12. The smallest absolute Gasteiger partial charge is 0.295 e. The van der Waals surface area contributed by atoms with Gasteiger partial charge in [-0.25, -0.2) is 0 Å². The summed E-state index contributed by atoms with van der Waals surface area (Å²) >= 11 is 0. The van der Waals surface area contributed by atoms with Gasteiger partial charge in [-0.2, -0.15) is 0 Å². The maximum absolute atomic E-state index is 13.4. The van der Waals surface area contributed by atoms with E-state index >= 15 is 0 Å². The molecule has 0 aliphatic carbocycles. The van der Waals surface area contributed by atoms with Gasteiger partial charge < -0.3 is 24.2 Å². The van der Waals surface area contributed by atoms with Gasteiger partial charge in [0, 0.05) is 38.2 Å². The van der Waals surface area contributed by atoms with Crippen LogP contribution in [0, 0.1) is 0 Å². The molecule has 0 bridgehead atoms. The number of carbonyl (C=O) groups is 2. The lowest BCUT2D eigenvalue weighted by Gasteiger charge is -2.31. The minimum Gasteiger partial charge on any atom is -0.507 e. The third kappa shape index (κ3) is 5.22. The highest BCUT2D eigenvalue weighted by Gasteiger charge is 2.46. The molecule has 0 unspecified atom stereocenters. The number of aliphatic hydroxyl groups is 1. The molecule has 2 aromatic rings. The molecule has 2 aromatic carbocycles. The van der Waals surface area contributed by atoms with Crippen molar-refractivity contribution in [1.82, 2.24) is 9.80 Å². The monoisotopic (exact) mass is 506 g/mol. The molecular weight excluding hydrogens is 472 g/mol. The van der Waals surface area contributed by atoms with Crippen LogP contribution < -0.4 is 9.47 Å². The van der Waals surface area contributed by atoms with Crippen LogP contribution in [0.5, 0.6) is 11.5 Å². The topological polar surface area (TPSA) is 88.5 Å². The molecule has 0 radical (unpaired) electrons. The zero-order chi connectivity index (χ0) is 25.9. The number of Topliss-reactive ketones (excluding diaryl/α,β-unsaturated/α-hetero) is 1. The van der Waals surface area contributed by atoms with E-state index in [0.717, 1.165) is 42.8 Å². The molecule has 2 atom stereocenters. The molecule has 3 aliphatic heterocycles. The summed E-state index contributed by atoms with van der Waals surface area (Å²) in [6.07, 6.45) is 1.65. The van der Waals surface area contributed by atoms with Crippen molar-refractivity contribution in [2.45, 2.75) is 38.8 Å². The zero-order valence-electron chi connectivity index (χ0n) is 21.4. The molecule has 1 N–H and O–H groups in total. The molecule has 0 spiro atoms. The predicted octanol–water partition coefficient (Wildman–Crippen LogP) is 3.55. The minimum absolute atomic E-state index is 0.0593. The summed E-state index contributed by atoms with van der Waals surface area (Å²) in [4.78, 5) is 30.5. The lowest BCUT2D eigenvalue weighted by Crippen LogP contribution is -2.42. The van der Waals surface area contributed by atoms with E-state index in [2.05, 4.69) is 4.90 Å². The zero-order valence-corrected chi connectivity index (χ0v) is 21.4. The molecule has 2 fully saturated rings. The summed E-state index contributed by atoms with van der Waals surface area (Å²) in [5.41, 5.74) is 2.32. The minimum atomic E-state index is -0.713. The van der Waals surface area contributed by atoms with Crippen LogP contribution in [0.2, 0.25) is 0 Å². The number of hydrogen-bond donors (Lipinski definition) is 1. The molecule has 1 amide bonds. The van der Waals surface area contributed by atoms with Crippen molar-refractivity contribution >= 4 is 17.4 Å². The van der Waals surface area contributed by atoms with Crippen LogP contribution >= 0.6 is 0 Å². The third-order valence-electron chi connectivity index (χ3n) is 7.12. The fraction of sp³-hybridized carbons (Fsp3) is 0.448. The predicted molar refractivity (Wildman–Crippen MR) is 139 cm³/mol. The Morgan fingerprint density at radius 3 is 2.70 bits per heavy atom. The summed E-state index contributed by atoms with van der Waals surface area (Å²) in [7, 11) is 0. The van der Waals surface area contributed by atoms with Gasteiger partial charge in [-0.15, -0.1) is 0 Å². The van der Waals surface area contributed by atoms with E-state index < -0.39 is 17.7 Å². The number of amides is 1. The maximum Gasteiger partial charge on any atom is 0.295 e. The van der Waals surface area contributed by atoms with E-state index in [0.29, 0.717) is 44.2 Å². The van der Waals surface area contributed by atoms with Gasteiger partial charge in [0.05, 0.1) is 31.4 Å². The Hall–Kier alpha value is -3.36. The van der Waals surface area contributed by atoms with Gasteiger partial charge in [-0.3, -0.25) is 14.5 Å². The number of benzene rings is 2. The van der Waals surface area contributed by atoms with Crippen LogP contribution in [0.3, 0.4) is 0 Å². The van der Waals surface area contributed by atoms with Crippen LogP contribution in [0.25, 0.3) is 5.76 Å². The fourth-order valence-corrected chi connectivity index (χ4v) is 5.25. The van der Waals surface area contributed by atoms with Crippen molar-refractivity contribution in [3.05, 3.63) is 64.7 Å². The Morgan fingerprint density at radius 1 is 1.11 bits per heavy atom. The number of aliphatic hydroxyl groups excluding tert-OH is 1. The molecule has 37 heavy (non-hydrogen) atoms. The van der Waals surface area contributed by atoms with Crippen LogP contribution in [0.1, 0.15) is 43.0 Å². The number of carbonyl (C=O) groups excluding carboxylic acids is 2. The van der Waals surface area contributed by atoms with E-state index in [9.17, 15) is 14.7 Å². The molecule has 0 aromatic heterocycles. The Morgan fingerprint density at radius 2 is 1.92 bits per heavy atom. The summed E-state index contributed by atoms with van der Waals surface area (Å²) in [5, 5.41) is 11.5. The van der Waals surface area contributed by atoms with Crippen LogP contribution in [0.4, 0.5) is 0 Å². The average molecular weight is 507 g/mol. The first-order valence-corrected chi connectivity index (χ1v) is 13.1. The lowest BCUT2D eigenvalue weighted by molar-refractivity contribution is -0.140. The number of ether oxygens (including phenoxy) is 3. The standard InChI is InChI=1S/C29H34N2O6/c1-3-13-36-23-6-4-5-20(18-23)26-25(27(32)21-7-8-24-22(17-21)16-19(2)37-24)28(33)29(34)31(26)10-9-30-11-14-35-15-12-30/h4-8,17-19,26,32H,3,9-16H2,1-2H3/t19-,26+/m0/s1. The van der Waals surface area contributed by atoms with Crippen molar-refractivity contribution in [2.24, 2.45) is 0 Å². The van der Waals surface area contributed by atoms with Gasteiger partial charge in [0.1, 0.15) is 23.4 Å². The van der Waals surface area contributed by atoms with Gasteiger partial charge in [0.2, 0.25) is 0 Å². The highest BCUT2D eigenvalue weighted by molar-refractivity contribution is 6.46. The van der Waals surface area contributed by atoms with Gasteiger partial charge in [0.15, 0.2) is 0 Å². The van der Waals surface area contributed by atoms with Crippen LogP contribution in [-0.4, -0.2) is 78.7 Å². The lowest BCUT2D eigenvalue weighted by atomic mass is 9.94. The highest BCUT2D eigenvalue weighted by atomic mass is 16.5. The average Bonchev–Trinajstić information content (AvgIpc) is 3.41. The Labute approximate surface area is 217 Å². The summed E-state index contributed by atoms with van der Waals surface area (Å²) < 4.78 is 17.1. The van der Waals surface area contributed by atoms with E-state index in [1.54, 1.807) is 11.0 Å². The molecule has 5 rings (SSSR count). The van der Waals surface area contributed by atoms with Crippen molar-refractivity contribution in [1.29, 1.82) is 0 Å². The summed E-state index contributed by atoms with van der Waals surface area (Å²) in [6.45, 7) is 8.44. The molecule has 3 aliphatic rings. The summed E-state index contributed by atoms with van der Waals surface area (Å²) in [5.74, 6) is 0.0147. The van der Waals surface area contributed by atoms with E-state index in [1.165, 1.54) is 0 Å². The van der Waals surface area contributed by atoms with Gasteiger partial charge in [0.25, 0.3) is 11.7 Å². The molecule has 8 nitrogen and oxygen atoms in total. The number of fused-ring (bicyclic) bond motifs is 1. The van der Waals surface area contributed by atoms with Gasteiger partial charge >= 0.3 is 0 Å². The highest BCUT2D eigenvalue weighted by Crippen LogP contribution is 2.41. The Balaban J connectivity index is 1.53. The van der Waals surface area contributed by atoms with Crippen molar-refractivity contribution in [3.8, 4) is 11.5 Å². The number of morpholine rings is 1. The summed E-state index contributed by atoms with van der Waals surface area (Å²) in [6, 6.07) is 12.2. The van der Waals surface area contributed by atoms with Crippen molar-refractivity contribution < 1.29 is 28.9 Å². The first-order valence-electron chi connectivity index (χ1n) is 13.1. The maximum atomic E-state index is 13.4. The second-order valence-corrected chi connectivity index (χ2v) is 9.82.